The molecule has 2 N–H and O–H groups in total. The Hall–Kier alpha value is -1.59. The number of aliphatic hydroxyl groups excluding tert-OH is 1. The predicted octanol–water partition coefficient (Wildman–Crippen LogP) is 3.19. The van der Waals surface area contributed by atoms with Gasteiger partial charge in [-0.25, -0.2) is 4.79 Å². The number of carbonyl (C=O) groups excluding carboxylic acids is 1. The van der Waals surface area contributed by atoms with Gasteiger partial charge in [-0.1, -0.05) is 38.1 Å². The number of likely N-dealkylation sites (tertiary alicyclic amines) is 1. The Morgan fingerprint density at radius 2 is 2.00 bits per heavy atom. The second-order valence-electron chi connectivity index (χ2n) is 8.44. The summed E-state index contributed by atoms with van der Waals surface area (Å²) in [6.07, 6.45) is 5.15. The molecular weight excluding hydrogens is 338 g/mol. The molecule has 1 fully saturated rings. The Morgan fingerprint density at radius 3 is 2.70 bits per heavy atom. The third-order valence-electron chi connectivity index (χ3n) is 5.85. The lowest BCUT2D eigenvalue weighted by Gasteiger charge is -2.38. The second-order valence-corrected chi connectivity index (χ2v) is 8.44. The molecule has 150 valence electrons. The van der Waals surface area contributed by atoms with E-state index in [1.165, 1.54) is 11.1 Å². The third kappa shape index (κ3) is 5.23. The summed E-state index contributed by atoms with van der Waals surface area (Å²) in [5, 5.41) is 12.8. The molecule has 0 spiro atoms. The first-order valence-electron chi connectivity index (χ1n) is 10.6. The molecule has 1 aromatic rings. The van der Waals surface area contributed by atoms with Gasteiger partial charge in [-0.15, -0.1) is 0 Å². The standard InChI is InChI=1S/C22H35N3O2/c1-17(2)16-24-12-10-19(11-13-24)23-22(27)25(14-15-26)21-9-5-7-18-6-3-4-8-20(18)21/h3-4,6,8,17,19,21,26H,5,7,9-16H2,1-2H3,(H,23,27). The number of benzene rings is 1. The fourth-order valence-electron chi connectivity index (χ4n) is 4.59. The Morgan fingerprint density at radius 1 is 1.26 bits per heavy atom. The van der Waals surface area contributed by atoms with E-state index in [4.69, 9.17) is 0 Å². The summed E-state index contributed by atoms with van der Waals surface area (Å²) >= 11 is 0. The first-order valence-corrected chi connectivity index (χ1v) is 10.6. The highest BCUT2D eigenvalue weighted by Crippen LogP contribution is 2.34. The minimum absolute atomic E-state index is 0.00107. The average molecular weight is 374 g/mol. The molecule has 1 aromatic carbocycles. The number of hydrogen-bond donors (Lipinski definition) is 2. The van der Waals surface area contributed by atoms with Gasteiger partial charge in [-0.2, -0.15) is 0 Å². The van der Waals surface area contributed by atoms with Gasteiger partial charge in [0, 0.05) is 32.2 Å². The zero-order chi connectivity index (χ0) is 19.2. The lowest BCUT2D eigenvalue weighted by atomic mass is 9.87. The molecule has 27 heavy (non-hydrogen) atoms. The van der Waals surface area contributed by atoms with Crippen LogP contribution in [0.15, 0.2) is 24.3 Å². The van der Waals surface area contributed by atoms with Crippen molar-refractivity contribution in [3.8, 4) is 0 Å². The second kappa shape index (κ2) is 9.56. The van der Waals surface area contributed by atoms with Crippen LogP contribution in [-0.4, -0.2) is 59.8 Å². The fraction of sp³-hybridized carbons (Fsp3) is 0.682. The van der Waals surface area contributed by atoms with Crippen LogP contribution in [0.25, 0.3) is 0 Å². The highest BCUT2D eigenvalue weighted by Gasteiger charge is 2.30. The smallest absolute Gasteiger partial charge is 0.318 e. The molecule has 1 saturated heterocycles. The van der Waals surface area contributed by atoms with Gasteiger partial charge in [0.1, 0.15) is 0 Å². The highest BCUT2D eigenvalue weighted by atomic mass is 16.3. The van der Waals surface area contributed by atoms with Crippen LogP contribution in [0.2, 0.25) is 0 Å². The molecule has 5 nitrogen and oxygen atoms in total. The van der Waals surface area contributed by atoms with Gasteiger partial charge < -0.3 is 20.2 Å². The maximum atomic E-state index is 13.1. The number of rotatable bonds is 6. The van der Waals surface area contributed by atoms with E-state index in [9.17, 15) is 9.90 Å². The number of piperidine rings is 1. The maximum absolute atomic E-state index is 13.1. The van der Waals surface area contributed by atoms with E-state index in [1.807, 2.05) is 4.90 Å². The zero-order valence-electron chi connectivity index (χ0n) is 16.9. The Balaban J connectivity index is 1.62. The van der Waals surface area contributed by atoms with Crippen molar-refractivity contribution in [2.75, 3.05) is 32.8 Å². The van der Waals surface area contributed by atoms with Crippen molar-refractivity contribution in [3.63, 3.8) is 0 Å². The van der Waals surface area contributed by atoms with E-state index in [0.717, 1.165) is 51.7 Å². The van der Waals surface area contributed by atoms with E-state index in [2.05, 4.69) is 48.3 Å². The largest absolute Gasteiger partial charge is 0.395 e. The van der Waals surface area contributed by atoms with Crippen molar-refractivity contribution in [2.24, 2.45) is 5.92 Å². The lowest BCUT2D eigenvalue weighted by Crippen LogP contribution is -2.51. The molecule has 2 aliphatic rings. The summed E-state index contributed by atoms with van der Waals surface area (Å²) in [7, 11) is 0. The molecule has 5 heteroatoms. The van der Waals surface area contributed by atoms with Crippen molar-refractivity contribution in [1.29, 1.82) is 0 Å². The maximum Gasteiger partial charge on any atom is 0.318 e. The van der Waals surface area contributed by atoms with Gasteiger partial charge >= 0.3 is 6.03 Å². The monoisotopic (exact) mass is 373 g/mol. The van der Waals surface area contributed by atoms with Crippen molar-refractivity contribution >= 4 is 6.03 Å². The van der Waals surface area contributed by atoms with E-state index < -0.39 is 0 Å². The summed E-state index contributed by atoms with van der Waals surface area (Å²) < 4.78 is 0. The van der Waals surface area contributed by atoms with Gasteiger partial charge in [-0.3, -0.25) is 0 Å². The Labute approximate surface area is 163 Å². The lowest BCUT2D eigenvalue weighted by molar-refractivity contribution is 0.132. The number of hydrogen-bond acceptors (Lipinski definition) is 3. The molecule has 1 aliphatic heterocycles. The molecule has 1 aliphatic carbocycles. The summed E-state index contributed by atoms with van der Waals surface area (Å²) in [5.41, 5.74) is 2.59. The van der Waals surface area contributed by atoms with Gasteiger partial charge in [0.2, 0.25) is 0 Å². The van der Waals surface area contributed by atoms with Crippen LogP contribution < -0.4 is 5.32 Å². The molecule has 0 aromatic heterocycles. The minimum atomic E-state index is -0.0203. The van der Waals surface area contributed by atoms with E-state index in [0.29, 0.717) is 12.5 Å². The summed E-state index contributed by atoms with van der Waals surface area (Å²) in [4.78, 5) is 17.4. The Bertz CT molecular complexity index is 611. The van der Waals surface area contributed by atoms with Gasteiger partial charge in [0.05, 0.1) is 12.6 Å². The normalized spacial score (nSPS) is 21.1. The highest BCUT2D eigenvalue weighted by molar-refractivity contribution is 5.75. The number of carbonyl (C=O) groups is 1. The van der Waals surface area contributed by atoms with Crippen molar-refractivity contribution in [1.82, 2.24) is 15.1 Å². The number of urea groups is 1. The third-order valence-corrected chi connectivity index (χ3v) is 5.85. The molecule has 0 saturated carbocycles. The SMILES string of the molecule is CC(C)CN1CCC(NC(=O)N(CCO)C2CCCc3ccccc32)CC1. The summed E-state index contributed by atoms with van der Waals surface area (Å²) in [5.74, 6) is 0.683. The van der Waals surface area contributed by atoms with Crippen LogP contribution >= 0.6 is 0 Å². The fourth-order valence-corrected chi connectivity index (χ4v) is 4.59. The number of aliphatic hydroxyl groups is 1. The van der Waals surface area contributed by atoms with Gasteiger partial charge in [0.15, 0.2) is 0 Å². The number of nitrogens with one attached hydrogen (secondary N) is 1. The summed E-state index contributed by atoms with van der Waals surface area (Å²) in [6, 6.07) is 8.72. The molecule has 0 radical (unpaired) electrons. The Kier molecular flexibility index (Phi) is 7.13. The predicted molar refractivity (Wildman–Crippen MR) is 109 cm³/mol. The van der Waals surface area contributed by atoms with Crippen LogP contribution in [0.3, 0.4) is 0 Å². The number of amides is 2. The summed E-state index contributed by atoms with van der Waals surface area (Å²) in [6.45, 7) is 8.13. The van der Waals surface area contributed by atoms with Crippen LogP contribution in [-0.2, 0) is 6.42 Å². The topological polar surface area (TPSA) is 55.8 Å². The number of aryl methyl sites for hydroxylation is 1. The number of fused-ring (bicyclic) bond motifs is 1. The molecule has 1 heterocycles. The van der Waals surface area contributed by atoms with Crippen LogP contribution in [0.1, 0.15) is 56.7 Å². The molecule has 0 bridgehead atoms. The van der Waals surface area contributed by atoms with Crippen molar-refractivity contribution < 1.29 is 9.90 Å². The number of nitrogens with zero attached hydrogens (tertiary/aromatic N) is 2. The van der Waals surface area contributed by atoms with Crippen LogP contribution in [0.5, 0.6) is 0 Å². The van der Waals surface area contributed by atoms with Gasteiger partial charge in [-0.05, 0) is 49.1 Å². The first-order chi connectivity index (χ1) is 13.1. The molecule has 3 rings (SSSR count). The van der Waals surface area contributed by atoms with Crippen LogP contribution in [0.4, 0.5) is 4.79 Å². The molecular formula is C22H35N3O2. The van der Waals surface area contributed by atoms with Crippen LogP contribution in [0, 0.1) is 5.92 Å². The van der Waals surface area contributed by atoms with Gasteiger partial charge in [0.25, 0.3) is 0 Å². The molecule has 1 unspecified atom stereocenters. The zero-order valence-corrected chi connectivity index (χ0v) is 16.9. The average Bonchev–Trinajstić information content (AvgIpc) is 2.67. The molecule has 2 amide bonds. The van der Waals surface area contributed by atoms with Crippen molar-refractivity contribution in [3.05, 3.63) is 35.4 Å². The minimum Gasteiger partial charge on any atom is -0.395 e. The van der Waals surface area contributed by atoms with E-state index >= 15 is 0 Å². The quantitative estimate of drug-likeness (QED) is 0.805. The van der Waals surface area contributed by atoms with Crippen molar-refractivity contribution in [2.45, 2.75) is 58.0 Å². The van der Waals surface area contributed by atoms with E-state index in [1.54, 1.807) is 0 Å². The molecule has 1 atom stereocenters. The first kappa shape index (κ1) is 20.2. The van der Waals surface area contributed by atoms with E-state index in [-0.39, 0.29) is 24.7 Å².